The fraction of sp³-hybridized carbons (Fsp3) is 0.478. The first kappa shape index (κ1) is 20.7. The lowest BCUT2D eigenvalue weighted by Gasteiger charge is -2.30. The van der Waals surface area contributed by atoms with Crippen molar-refractivity contribution in [2.45, 2.75) is 45.1 Å². The summed E-state index contributed by atoms with van der Waals surface area (Å²) in [6, 6.07) is 9.99. The maximum absolute atomic E-state index is 12.6. The quantitative estimate of drug-likeness (QED) is 0.726. The van der Waals surface area contributed by atoms with Crippen molar-refractivity contribution >= 4 is 22.2 Å². The molecule has 1 unspecified atom stereocenters. The number of hydrogen-bond donors (Lipinski definition) is 1. The summed E-state index contributed by atoms with van der Waals surface area (Å²) in [6.07, 6.45) is 4.56. The van der Waals surface area contributed by atoms with Crippen molar-refractivity contribution in [1.82, 2.24) is 4.90 Å². The highest BCUT2D eigenvalue weighted by atomic mass is 32.1. The number of para-hydroxylation sites is 2. The molecule has 1 amide bonds. The van der Waals surface area contributed by atoms with Gasteiger partial charge in [0.2, 0.25) is 5.91 Å². The Kier molecular flexibility index (Phi) is 6.56. The van der Waals surface area contributed by atoms with Gasteiger partial charge in [-0.05, 0) is 49.9 Å². The number of nitriles is 1. The third-order valence-corrected chi connectivity index (χ3v) is 6.87. The molecule has 1 aromatic heterocycles. The largest absolute Gasteiger partial charge is 0.486 e. The van der Waals surface area contributed by atoms with Crippen molar-refractivity contribution in [1.29, 1.82) is 5.26 Å². The molecule has 2 heterocycles. The van der Waals surface area contributed by atoms with Crippen LogP contribution in [0.3, 0.4) is 0 Å². The number of fused-ring (bicyclic) bond motifs is 2. The second-order valence-electron chi connectivity index (χ2n) is 7.72. The van der Waals surface area contributed by atoms with Gasteiger partial charge in [0.15, 0.2) is 11.5 Å². The van der Waals surface area contributed by atoms with E-state index in [0.717, 1.165) is 54.3 Å². The first-order valence-corrected chi connectivity index (χ1v) is 11.4. The van der Waals surface area contributed by atoms with E-state index in [4.69, 9.17) is 9.47 Å². The summed E-state index contributed by atoms with van der Waals surface area (Å²) in [5.74, 6) is 1.51. The molecule has 2 aliphatic rings. The SMILES string of the molecule is CCN(CCC(=O)Nc1sc2c(c1C#N)CCCC2)CC1COc2ccccc2O1. The lowest BCUT2D eigenvalue weighted by molar-refractivity contribution is -0.116. The van der Waals surface area contributed by atoms with E-state index in [2.05, 4.69) is 23.2 Å². The normalized spacial score (nSPS) is 17.3. The van der Waals surface area contributed by atoms with Gasteiger partial charge in [0, 0.05) is 24.4 Å². The summed E-state index contributed by atoms with van der Waals surface area (Å²) in [4.78, 5) is 16.0. The van der Waals surface area contributed by atoms with Gasteiger partial charge < -0.3 is 14.8 Å². The molecule has 30 heavy (non-hydrogen) atoms. The second-order valence-corrected chi connectivity index (χ2v) is 8.82. The summed E-state index contributed by atoms with van der Waals surface area (Å²) in [6.45, 7) is 4.75. The number of aryl methyl sites for hydroxylation is 1. The Hall–Kier alpha value is -2.56. The van der Waals surface area contributed by atoms with Crippen molar-refractivity contribution < 1.29 is 14.3 Å². The molecule has 1 aliphatic heterocycles. The maximum atomic E-state index is 12.6. The average molecular weight is 426 g/mol. The molecule has 158 valence electrons. The van der Waals surface area contributed by atoms with Crippen molar-refractivity contribution in [3.05, 3.63) is 40.3 Å². The molecule has 1 aromatic carbocycles. The molecule has 6 nitrogen and oxygen atoms in total. The molecule has 7 heteroatoms. The van der Waals surface area contributed by atoms with Crippen molar-refractivity contribution in [2.24, 2.45) is 0 Å². The molecular weight excluding hydrogens is 398 g/mol. The number of amides is 1. The van der Waals surface area contributed by atoms with Crippen LogP contribution < -0.4 is 14.8 Å². The van der Waals surface area contributed by atoms with Crippen molar-refractivity contribution in [2.75, 3.05) is 31.6 Å². The zero-order valence-corrected chi connectivity index (χ0v) is 18.1. The number of rotatable bonds is 7. The van der Waals surface area contributed by atoms with E-state index < -0.39 is 0 Å². The van der Waals surface area contributed by atoms with Crippen LogP contribution in [-0.4, -0.2) is 43.2 Å². The Morgan fingerprint density at radius 1 is 1.30 bits per heavy atom. The number of anilines is 1. The minimum absolute atomic E-state index is 0.0466. The number of nitrogens with zero attached hydrogens (tertiary/aromatic N) is 2. The third-order valence-electron chi connectivity index (χ3n) is 5.67. The molecule has 1 atom stereocenters. The van der Waals surface area contributed by atoms with Gasteiger partial charge in [0.25, 0.3) is 0 Å². The summed E-state index contributed by atoms with van der Waals surface area (Å²) in [5.41, 5.74) is 1.82. The number of nitrogens with one attached hydrogen (secondary N) is 1. The number of ether oxygens (including phenoxy) is 2. The molecule has 1 N–H and O–H groups in total. The molecule has 1 aliphatic carbocycles. The van der Waals surface area contributed by atoms with Gasteiger partial charge in [0.05, 0.1) is 5.56 Å². The molecule has 0 radical (unpaired) electrons. The minimum Gasteiger partial charge on any atom is -0.486 e. The Bertz CT molecular complexity index is 950. The number of benzene rings is 1. The molecule has 0 saturated heterocycles. The van der Waals surface area contributed by atoms with E-state index in [1.54, 1.807) is 11.3 Å². The average Bonchev–Trinajstić information content (AvgIpc) is 3.13. The summed E-state index contributed by atoms with van der Waals surface area (Å²) >= 11 is 1.57. The molecule has 0 saturated carbocycles. The first-order chi connectivity index (χ1) is 14.7. The lowest BCUT2D eigenvalue weighted by Crippen LogP contribution is -2.41. The highest BCUT2D eigenvalue weighted by Gasteiger charge is 2.24. The predicted octanol–water partition coefficient (Wildman–Crippen LogP) is 3.99. The topological polar surface area (TPSA) is 74.6 Å². The van der Waals surface area contributed by atoms with Crippen LogP contribution >= 0.6 is 11.3 Å². The van der Waals surface area contributed by atoms with Gasteiger partial charge in [-0.3, -0.25) is 9.69 Å². The number of hydrogen-bond acceptors (Lipinski definition) is 6. The molecule has 0 spiro atoms. The summed E-state index contributed by atoms with van der Waals surface area (Å²) in [7, 11) is 0. The van der Waals surface area contributed by atoms with Crippen LogP contribution in [0, 0.1) is 11.3 Å². The maximum Gasteiger partial charge on any atom is 0.226 e. The van der Waals surface area contributed by atoms with Crippen LogP contribution in [0.25, 0.3) is 0 Å². The predicted molar refractivity (Wildman–Crippen MR) is 117 cm³/mol. The van der Waals surface area contributed by atoms with E-state index >= 15 is 0 Å². The van der Waals surface area contributed by atoms with E-state index in [-0.39, 0.29) is 12.0 Å². The van der Waals surface area contributed by atoms with E-state index in [1.807, 2.05) is 24.3 Å². The van der Waals surface area contributed by atoms with Crippen LogP contribution in [0.2, 0.25) is 0 Å². The van der Waals surface area contributed by atoms with Crippen LogP contribution in [-0.2, 0) is 17.6 Å². The van der Waals surface area contributed by atoms with Gasteiger partial charge in [-0.25, -0.2) is 0 Å². The fourth-order valence-corrected chi connectivity index (χ4v) is 5.30. The van der Waals surface area contributed by atoms with Gasteiger partial charge >= 0.3 is 0 Å². The summed E-state index contributed by atoms with van der Waals surface area (Å²) in [5, 5.41) is 13.3. The van der Waals surface area contributed by atoms with Crippen LogP contribution in [0.5, 0.6) is 11.5 Å². The van der Waals surface area contributed by atoms with Crippen LogP contribution in [0.15, 0.2) is 24.3 Å². The highest BCUT2D eigenvalue weighted by Crippen LogP contribution is 2.37. The molecule has 0 fully saturated rings. The highest BCUT2D eigenvalue weighted by molar-refractivity contribution is 7.16. The van der Waals surface area contributed by atoms with Gasteiger partial charge in [-0.2, -0.15) is 5.26 Å². The number of carbonyl (C=O) groups is 1. The fourth-order valence-electron chi connectivity index (χ4n) is 4.04. The molecule has 4 rings (SSSR count). The van der Waals surface area contributed by atoms with E-state index in [0.29, 0.717) is 31.7 Å². The number of thiophene rings is 1. The smallest absolute Gasteiger partial charge is 0.226 e. The monoisotopic (exact) mass is 425 g/mol. The van der Waals surface area contributed by atoms with Crippen LogP contribution in [0.4, 0.5) is 5.00 Å². The zero-order chi connectivity index (χ0) is 20.9. The zero-order valence-electron chi connectivity index (χ0n) is 17.3. The van der Waals surface area contributed by atoms with Crippen molar-refractivity contribution in [3.63, 3.8) is 0 Å². The van der Waals surface area contributed by atoms with Crippen molar-refractivity contribution in [3.8, 4) is 17.6 Å². The van der Waals surface area contributed by atoms with Gasteiger partial charge in [-0.15, -0.1) is 11.3 Å². The summed E-state index contributed by atoms with van der Waals surface area (Å²) < 4.78 is 11.8. The Morgan fingerprint density at radius 3 is 2.90 bits per heavy atom. The second kappa shape index (κ2) is 9.50. The molecule has 0 bridgehead atoms. The van der Waals surface area contributed by atoms with Gasteiger partial charge in [-0.1, -0.05) is 19.1 Å². The Morgan fingerprint density at radius 2 is 2.10 bits per heavy atom. The first-order valence-electron chi connectivity index (χ1n) is 10.6. The van der Waals surface area contributed by atoms with E-state index in [9.17, 15) is 10.1 Å². The Balaban J connectivity index is 1.30. The standard InChI is InChI=1S/C23H27N3O3S/c1-2-26(14-16-15-28-19-8-4-5-9-20(19)29-16)12-11-22(27)25-23-18(13-24)17-7-3-6-10-21(17)30-23/h4-5,8-9,16H,2-3,6-7,10-12,14-15H2,1H3,(H,25,27). The molecular formula is C23H27N3O3S. The van der Waals surface area contributed by atoms with Crippen LogP contribution in [0.1, 0.15) is 42.2 Å². The lowest BCUT2D eigenvalue weighted by atomic mass is 9.96. The Labute approximate surface area is 181 Å². The molecule has 2 aromatic rings. The number of carbonyl (C=O) groups excluding carboxylic acids is 1. The number of likely N-dealkylation sites (N-methyl/N-ethyl adjacent to an activating group) is 1. The minimum atomic E-state index is -0.0582. The third kappa shape index (κ3) is 4.61. The van der Waals surface area contributed by atoms with E-state index in [1.165, 1.54) is 4.88 Å². The van der Waals surface area contributed by atoms with Gasteiger partial charge in [0.1, 0.15) is 23.8 Å².